The van der Waals surface area contributed by atoms with Crippen molar-refractivity contribution in [1.29, 1.82) is 0 Å². The van der Waals surface area contributed by atoms with Gasteiger partial charge in [0.25, 0.3) is 0 Å². The first-order chi connectivity index (χ1) is 14.5. The summed E-state index contributed by atoms with van der Waals surface area (Å²) < 4.78 is 0. The molecule has 2 aromatic heterocycles. The molecule has 0 bridgehead atoms. The van der Waals surface area contributed by atoms with Crippen molar-refractivity contribution in [2.45, 2.75) is 25.7 Å². The molecule has 0 atom stereocenters. The highest BCUT2D eigenvalue weighted by molar-refractivity contribution is 6.03. The van der Waals surface area contributed by atoms with E-state index in [1.54, 1.807) is 12.4 Å². The fraction of sp³-hybridized carbons (Fsp3) is 0.444. The van der Waals surface area contributed by atoms with E-state index in [-0.39, 0.29) is 24.1 Å². The number of amides is 1. The highest BCUT2D eigenvalue weighted by atomic mass is 16.3. The zero-order valence-corrected chi connectivity index (χ0v) is 16.6. The minimum absolute atomic E-state index is 0.0378. The van der Waals surface area contributed by atoms with E-state index in [2.05, 4.69) is 35.1 Å². The first-order valence-electron chi connectivity index (χ1n) is 9.73. The highest BCUT2D eigenvalue weighted by Crippen LogP contribution is 2.31. The van der Waals surface area contributed by atoms with Gasteiger partial charge in [-0.2, -0.15) is 4.99 Å². The van der Waals surface area contributed by atoms with Gasteiger partial charge in [0.15, 0.2) is 23.3 Å². The summed E-state index contributed by atoms with van der Waals surface area (Å²) in [5.41, 5.74) is 17.5. The van der Waals surface area contributed by atoms with Crippen LogP contribution in [0.4, 0.5) is 17.6 Å². The number of nitrogen functional groups attached to an aromatic ring is 1. The Balaban J connectivity index is 2.06. The molecule has 0 saturated carbocycles. The standard InChI is InChI=1S/C18H26N10O2/c19-14-13(16(30)27-17(20)21)25-12(11-9-23-18(24-10-11)22-5-8-29)15(26-14)28-6-3-1-2-4-7-28/h9-10,29H,1-8H2,(H2,19,26)(H,22,23,24)(H4,20,21,27,30). The number of nitrogens with two attached hydrogens (primary N) is 3. The predicted octanol–water partition coefficient (Wildman–Crippen LogP) is -0.286. The maximum atomic E-state index is 12.4. The highest BCUT2D eigenvalue weighted by Gasteiger charge is 2.23. The maximum absolute atomic E-state index is 12.4. The summed E-state index contributed by atoms with van der Waals surface area (Å²) in [4.78, 5) is 35.4. The second kappa shape index (κ2) is 9.78. The summed E-state index contributed by atoms with van der Waals surface area (Å²) in [5.74, 6) is -0.275. The summed E-state index contributed by atoms with van der Waals surface area (Å²) in [6.45, 7) is 1.90. The van der Waals surface area contributed by atoms with Gasteiger partial charge in [-0.3, -0.25) is 4.79 Å². The van der Waals surface area contributed by atoms with E-state index >= 15 is 0 Å². The van der Waals surface area contributed by atoms with Crippen molar-refractivity contribution >= 4 is 29.5 Å². The van der Waals surface area contributed by atoms with E-state index in [9.17, 15) is 4.79 Å². The number of nitrogens with zero attached hydrogens (tertiary/aromatic N) is 6. The zero-order chi connectivity index (χ0) is 21.5. The average Bonchev–Trinajstić information content (AvgIpc) is 3.01. The first kappa shape index (κ1) is 21.2. The molecule has 8 N–H and O–H groups in total. The quantitative estimate of drug-likeness (QED) is 0.308. The van der Waals surface area contributed by atoms with E-state index in [0.717, 1.165) is 38.8 Å². The molecule has 3 rings (SSSR count). The Labute approximate surface area is 173 Å². The second-order valence-electron chi connectivity index (χ2n) is 6.82. The molecule has 1 aliphatic rings. The third-order valence-corrected chi connectivity index (χ3v) is 4.56. The van der Waals surface area contributed by atoms with E-state index in [1.165, 1.54) is 0 Å². The van der Waals surface area contributed by atoms with Gasteiger partial charge in [0.1, 0.15) is 5.69 Å². The van der Waals surface area contributed by atoms with Crippen LogP contribution in [-0.2, 0) is 0 Å². The van der Waals surface area contributed by atoms with Crippen LogP contribution in [0, 0.1) is 0 Å². The number of anilines is 3. The number of aliphatic imine (C=N–C) groups is 1. The molecule has 0 aliphatic carbocycles. The van der Waals surface area contributed by atoms with Crippen LogP contribution in [0.2, 0.25) is 0 Å². The lowest BCUT2D eigenvalue weighted by Gasteiger charge is -2.24. The molecule has 12 heteroatoms. The van der Waals surface area contributed by atoms with Crippen molar-refractivity contribution in [3.05, 3.63) is 18.1 Å². The Morgan fingerprint density at radius 3 is 2.40 bits per heavy atom. The Kier molecular flexibility index (Phi) is 6.91. The van der Waals surface area contributed by atoms with E-state index in [0.29, 0.717) is 29.6 Å². The largest absolute Gasteiger partial charge is 0.395 e. The van der Waals surface area contributed by atoms with Crippen LogP contribution in [0.25, 0.3) is 11.3 Å². The average molecular weight is 414 g/mol. The first-order valence-corrected chi connectivity index (χ1v) is 9.73. The van der Waals surface area contributed by atoms with E-state index in [4.69, 9.17) is 22.3 Å². The maximum Gasteiger partial charge on any atom is 0.302 e. The van der Waals surface area contributed by atoms with Crippen molar-refractivity contribution in [1.82, 2.24) is 19.9 Å². The Bertz CT molecular complexity index is 904. The van der Waals surface area contributed by atoms with Crippen LogP contribution in [0.15, 0.2) is 17.4 Å². The van der Waals surface area contributed by atoms with Crippen LogP contribution in [0.3, 0.4) is 0 Å². The molecule has 0 radical (unpaired) electrons. The van der Waals surface area contributed by atoms with Gasteiger partial charge in [0, 0.05) is 37.6 Å². The summed E-state index contributed by atoms with van der Waals surface area (Å²) >= 11 is 0. The topological polar surface area (TPSA) is 195 Å². The van der Waals surface area contributed by atoms with Crippen molar-refractivity contribution in [3.63, 3.8) is 0 Å². The van der Waals surface area contributed by atoms with Crippen LogP contribution < -0.4 is 27.4 Å². The molecular formula is C18H26N10O2. The lowest BCUT2D eigenvalue weighted by molar-refractivity contribution is 0.0998. The van der Waals surface area contributed by atoms with Crippen LogP contribution in [-0.4, -0.2) is 63.2 Å². The van der Waals surface area contributed by atoms with Gasteiger partial charge in [0.05, 0.1) is 6.61 Å². The van der Waals surface area contributed by atoms with Crippen LogP contribution in [0.5, 0.6) is 0 Å². The van der Waals surface area contributed by atoms with Crippen molar-refractivity contribution in [3.8, 4) is 11.3 Å². The molecule has 30 heavy (non-hydrogen) atoms. The van der Waals surface area contributed by atoms with Crippen LogP contribution >= 0.6 is 0 Å². The van der Waals surface area contributed by atoms with E-state index in [1.807, 2.05) is 0 Å². The van der Waals surface area contributed by atoms with Gasteiger partial charge in [-0.1, -0.05) is 12.8 Å². The van der Waals surface area contributed by atoms with Crippen LogP contribution in [0.1, 0.15) is 36.2 Å². The fourth-order valence-electron chi connectivity index (χ4n) is 3.17. The molecular weight excluding hydrogens is 388 g/mol. The number of aromatic nitrogens is 4. The fourth-order valence-corrected chi connectivity index (χ4v) is 3.17. The number of aliphatic hydroxyl groups is 1. The Morgan fingerprint density at radius 1 is 1.13 bits per heavy atom. The van der Waals surface area contributed by atoms with Crippen molar-refractivity contribution in [2.24, 2.45) is 16.5 Å². The number of hydrogen-bond donors (Lipinski definition) is 5. The smallest absolute Gasteiger partial charge is 0.302 e. The SMILES string of the molecule is NC(N)=NC(=O)c1nc(-c2cnc(NCCO)nc2)c(N2CCCCCC2)nc1N. The molecule has 1 saturated heterocycles. The van der Waals surface area contributed by atoms with Gasteiger partial charge >= 0.3 is 5.91 Å². The summed E-state index contributed by atoms with van der Waals surface area (Å²) in [6.07, 6.45) is 7.48. The molecule has 160 valence electrons. The minimum Gasteiger partial charge on any atom is -0.395 e. The third kappa shape index (κ3) is 5.08. The number of guanidine groups is 1. The number of nitrogens with one attached hydrogen (secondary N) is 1. The van der Waals surface area contributed by atoms with Gasteiger partial charge in [-0.25, -0.2) is 19.9 Å². The van der Waals surface area contributed by atoms with Crippen molar-refractivity contribution < 1.29 is 9.90 Å². The summed E-state index contributed by atoms with van der Waals surface area (Å²) in [6, 6.07) is 0. The number of carbonyl (C=O) groups excluding carboxylic acids is 1. The van der Waals surface area contributed by atoms with Gasteiger partial charge < -0.3 is 32.5 Å². The minimum atomic E-state index is -0.772. The lowest BCUT2D eigenvalue weighted by Crippen LogP contribution is -2.28. The van der Waals surface area contributed by atoms with Gasteiger partial charge in [-0.15, -0.1) is 0 Å². The second-order valence-corrected chi connectivity index (χ2v) is 6.82. The number of aliphatic hydroxyl groups excluding tert-OH is 1. The normalized spacial score (nSPS) is 14.1. The molecule has 0 aromatic carbocycles. The monoisotopic (exact) mass is 414 g/mol. The van der Waals surface area contributed by atoms with Gasteiger partial charge in [-0.05, 0) is 12.8 Å². The Hall–Kier alpha value is -3.54. The molecule has 0 spiro atoms. The molecule has 12 nitrogen and oxygen atoms in total. The predicted molar refractivity (Wildman–Crippen MR) is 114 cm³/mol. The zero-order valence-electron chi connectivity index (χ0n) is 16.6. The molecule has 2 aromatic rings. The number of hydrogen-bond acceptors (Lipinski definition) is 9. The molecule has 0 unspecified atom stereocenters. The Morgan fingerprint density at radius 2 is 1.80 bits per heavy atom. The molecule has 3 heterocycles. The molecule has 1 aliphatic heterocycles. The van der Waals surface area contributed by atoms with Gasteiger partial charge in [0.2, 0.25) is 5.95 Å². The number of rotatable bonds is 6. The van der Waals surface area contributed by atoms with E-state index < -0.39 is 5.91 Å². The third-order valence-electron chi connectivity index (χ3n) is 4.56. The lowest BCUT2D eigenvalue weighted by atomic mass is 10.2. The summed E-state index contributed by atoms with van der Waals surface area (Å²) in [7, 11) is 0. The van der Waals surface area contributed by atoms with Crippen molar-refractivity contribution in [2.75, 3.05) is 42.2 Å². The summed E-state index contributed by atoms with van der Waals surface area (Å²) in [5, 5.41) is 11.8. The molecule has 1 fully saturated rings. The molecule has 1 amide bonds. The number of carbonyl (C=O) groups is 1.